The van der Waals surface area contributed by atoms with Crippen LogP contribution in [0.5, 0.6) is 0 Å². The van der Waals surface area contributed by atoms with Crippen LogP contribution in [0, 0.1) is 0 Å². The standard InChI is InChI=1S/C19H23N3O3/c1-3-14-7-4-5-8-16(14)22-19(24)17-13-15(9-11-20-17)18(23)21-10-6-12-25-2/h4-5,7-9,11,13H,3,6,10,12H2,1-2H3,(H,21,23)(H,22,24). The predicted octanol–water partition coefficient (Wildman–Crippen LogP) is 2.66. The molecule has 6 heteroatoms. The molecular formula is C19H23N3O3. The van der Waals surface area contributed by atoms with Gasteiger partial charge in [-0.15, -0.1) is 0 Å². The molecule has 0 fully saturated rings. The number of nitrogens with zero attached hydrogens (tertiary/aromatic N) is 1. The molecule has 1 aromatic carbocycles. The van der Waals surface area contributed by atoms with E-state index in [0.29, 0.717) is 18.7 Å². The van der Waals surface area contributed by atoms with Gasteiger partial charge in [0.15, 0.2) is 0 Å². The minimum Gasteiger partial charge on any atom is -0.385 e. The van der Waals surface area contributed by atoms with Gasteiger partial charge < -0.3 is 15.4 Å². The molecule has 0 aliphatic carbocycles. The Kier molecular flexibility index (Phi) is 7.10. The Labute approximate surface area is 147 Å². The highest BCUT2D eigenvalue weighted by Gasteiger charge is 2.13. The molecule has 0 saturated heterocycles. The molecule has 25 heavy (non-hydrogen) atoms. The third-order valence-electron chi connectivity index (χ3n) is 3.71. The van der Waals surface area contributed by atoms with Crippen molar-refractivity contribution in [1.29, 1.82) is 0 Å². The quantitative estimate of drug-likeness (QED) is 0.724. The van der Waals surface area contributed by atoms with Crippen LogP contribution in [0.15, 0.2) is 42.6 Å². The lowest BCUT2D eigenvalue weighted by atomic mass is 10.1. The van der Waals surface area contributed by atoms with Crippen LogP contribution in [0.25, 0.3) is 0 Å². The summed E-state index contributed by atoms with van der Waals surface area (Å²) in [4.78, 5) is 28.6. The molecule has 0 atom stereocenters. The van der Waals surface area contributed by atoms with Gasteiger partial charge in [0.05, 0.1) is 0 Å². The van der Waals surface area contributed by atoms with Crippen molar-refractivity contribution >= 4 is 17.5 Å². The van der Waals surface area contributed by atoms with E-state index in [9.17, 15) is 9.59 Å². The molecule has 2 aromatic rings. The lowest BCUT2D eigenvalue weighted by molar-refractivity contribution is 0.0948. The van der Waals surface area contributed by atoms with Crippen molar-refractivity contribution in [1.82, 2.24) is 10.3 Å². The van der Waals surface area contributed by atoms with Crippen molar-refractivity contribution in [3.63, 3.8) is 0 Å². The Balaban J connectivity index is 2.04. The summed E-state index contributed by atoms with van der Waals surface area (Å²) < 4.78 is 4.94. The fraction of sp³-hybridized carbons (Fsp3) is 0.316. The summed E-state index contributed by atoms with van der Waals surface area (Å²) in [5.74, 6) is -0.573. The molecule has 2 N–H and O–H groups in total. The highest BCUT2D eigenvalue weighted by molar-refractivity contribution is 6.05. The van der Waals surface area contributed by atoms with Crippen molar-refractivity contribution in [2.24, 2.45) is 0 Å². The summed E-state index contributed by atoms with van der Waals surface area (Å²) >= 11 is 0. The SMILES string of the molecule is CCc1ccccc1NC(=O)c1cc(C(=O)NCCCOC)ccn1. The number of amides is 2. The van der Waals surface area contributed by atoms with E-state index in [4.69, 9.17) is 4.74 Å². The van der Waals surface area contributed by atoms with Gasteiger partial charge in [-0.05, 0) is 36.6 Å². The Bertz CT molecular complexity index is 731. The zero-order valence-electron chi connectivity index (χ0n) is 14.5. The molecule has 2 amide bonds. The molecule has 6 nitrogen and oxygen atoms in total. The monoisotopic (exact) mass is 341 g/mol. The molecule has 0 aliphatic heterocycles. The molecule has 0 bridgehead atoms. The molecule has 1 aromatic heterocycles. The lowest BCUT2D eigenvalue weighted by Gasteiger charge is -2.10. The van der Waals surface area contributed by atoms with Crippen molar-refractivity contribution in [2.75, 3.05) is 25.6 Å². The first-order valence-corrected chi connectivity index (χ1v) is 8.28. The maximum atomic E-state index is 12.4. The number of pyridine rings is 1. The summed E-state index contributed by atoms with van der Waals surface area (Å²) in [7, 11) is 1.62. The van der Waals surface area contributed by atoms with Crippen LogP contribution in [0.4, 0.5) is 5.69 Å². The van der Waals surface area contributed by atoms with Gasteiger partial charge in [0.2, 0.25) is 0 Å². The molecule has 1 heterocycles. The number of hydrogen-bond acceptors (Lipinski definition) is 4. The second-order valence-corrected chi connectivity index (χ2v) is 5.50. The normalized spacial score (nSPS) is 10.3. The van der Waals surface area contributed by atoms with E-state index in [1.165, 1.54) is 12.3 Å². The van der Waals surface area contributed by atoms with Gasteiger partial charge in [-0.25, -0.2) is 0 Å². The van der Waals surface area contributed by atoms with Gasteiger partial charge >= 0.3 is 0 Å². The Morgan fingerprint density at radius 2 is 1.96 bits per heavy atom. The van der Waals surface area contributed by atoms with Crippen LogP contribution in [0.1, 0.15) is 39.8 Å². The number of benzene rings is 1. The molecule has 0 spiro atoms. The lowest BCUT2D eigenvalue weighted by Crippen LogP contribution is -2.26. The van der Waals surface area contributed by atoms with Crippen LogP contribution < -0.4 is 10.6 Å². The summed E-state index contributed by atoms with van der Waals surface area (Å²) in [6, 6.07) is 10.7. The number of anilines is 1. The summed E-state index contributed by atoms with van der Waals surface area (Å²) in [5, 5.41) is 5.64. The van der Waals surface area contributed by atoms with Crippen molar-refractivity contribution < 1.29 is 14.3 Å². The predicted molar refractivity (Wildman–Crippen MR) is 96.8 cm³/mol. The van der Waals surface area contributed by atoms with Gasteiger partial charge in [0, 0.05) is 37.7 Å². The van der Waals surface area contributed by atoms with E-state index in [1.807, 2.05) is 31.2 Å². The maximum absolute atomic E-state index is 12.4. The first kappa shape index (κ1) is 18.6. The highest BCUT2D eigenvalue weighted by Crippen LogP contribution is 2.16. The fourth-order valence-corrected chi connectivity index (χ4v) is 2.35. The zero-order chi connectivity index (χ0) is 18.1. The average Bonchev–Trinajstić information content (AvgIpc) is 2.65. The topological polar surface area (TPSA) is 80.3 Å². The molecule has 132 valence electrons. The number of methoxy groups -OCH3 is 1. The molecule has 0 radical (unpaired) electrons. The van der Waals surface area contributed by atoms with Crippen LogP contribution in [-0.4, -0.2) is 37.1 Å². The molecule has 0 saturated carbocycles. The molecular weight excluding hydrogens is 318 g/mol. The van der Waals surface area contributed by atoms with Gasteiger partial charge in [0.25, 0.3) is 11.8 Å². The van der Waals surface area contributed by atoms with E-state index in [2.05, 4.69) is 15.6 Å². The summed E-state index contributed by atoms with van der Waals surface area (Å²) in [6.45, 7) is 3.12. The van der Waals surface area contributed by atoms with Gasteiger partial charge in [0.1, 0.15) is 5.69 Å². The highest BCUT2D eigenvalue weighted by atomic mass is 16.5. The van der Waals surface area contributed by atoms with E-state index in [1.54, 1.807) is 13.2 Å². The van der Waals surface area contributed by atoms with Gasteiger partial charge in [-0.1, -0.05) is 25.1 Å². The number of rotatable bonds is 8. The van der Waals surface area contributed by atoms with Crippen LogP contribution in [0.3, 0.4) is 0 Å². The number of aromatic nitrogens is 1. The first-order valence-electron chi connectivity index (χ1n) is 8.28. The van der Waals surface area contributed by atoms with Crippen LogP contribution in [0.2, 0.25) is 0 Å². The van der Waals surface area contributed by atoms with E-state index in [0.717, 1.165) is 24.1 Å². The number of carbonyl (C=O) groups is 2. The van der Waals surface area contributed by atoms with Crippen molar-refractivity contribution in [2.45, 2.75) is 19.8 Å². The van der Waals surface area contributed by atoms with E-state index >= 15 is 0 Å². The third-order valence-corrected chi connectivity index (χ3v) is 3.71. The second-order valence-electron chi connectivity index (χ2n) is 5.50. The Morgan fingerprint density at radius 3 is 2.72 bits per heavy atom. The zero-order valence-corrected chi connectivity index (χ0v) is 14.5. The van der Waals surface area contributed by atoms with E-state index < -0.39 is 0 Å². The first-order chi connectivity index (χ1) is 12.2. The smallest absolute Gasteiger partial charge is 0.274 e. The number of carbonyl (C=O) groups excluding carboxylic acids is 2. The average molecular weight is 341 g/mol. The summed E-state index contributed by atoms with van der Waals surface area (Å²) in [6.07, 6.45) is 3.01. The maximum Gasteiger partial charge on any atom is 0.274 e. The van der Waals surface area contributed by atoms with Crippen LogP contribution in [-0.2, 0) is 11.2 Å². The molecule has 2 rings (SSSR count). The van der Waals surface area contributed by atoms with E-state index in [-0.39, 0.29) is 17.5 Å². The number of hydrogen-bond donors (Lipinski definition) is 2. The second kappa shape index (κ2) is 9.54. The summed E-state index contributed by atoms with van der Waals surface area (Å²) in [5.41, 5.74) is 2.41. The van der Waals surface area contributed by atoms with Gasteiger partial charge in [-0.2, -0.15) is 0 Å². The Morgan fingerprint density at radius 1 is 1.16 bits per heavy atom. The number of nitrogens with one attached hydrogen (secondary N) is 2. The number of ether oxygens (including phenoxy) is 1. The Hall–Kier alpha value is -2.73. The minimum atomic E-state index is -0.338. The van der Waals surface area contributed by atoms with Crippen molar-refractivity contribution in [3.8, 4) is 0 Å². The third kappa shape index (κ3) is 5.39. The van der Waals surface area contributed by atoms with Crippen molar-refractivity contribution in [3.05, 3.63) is 59.4 Å². The molecule has 0 aliphatic rings. The van der Waals surface area contributed by atoms with Crippen LogP contribution >= 0.6 is 0 Å². The largest absolute Gasteiger partial charge is 0.385 e. The fourth-order valence-electron chi connectivity index (χ4n) is 2.35. The molecule has 0 unspecified atom stereocenters. The number of para-hydroxylation sites is 1. The minimum absolute atomic E-state index is 0.204. The van der Waals surface area contributed by atoms with Gasteiger partial charge in [-0.3, -0.25) is 14.6 Å². The number of aryl methyl sites for hydroxylation is 1.